The van der Waals surface area contributed by atoms with Crippen molar-refractivity contribution in [2.75, 3.05) is 26.3 Å². The Kier molecular flexibility index (Phi) is 6.71. The Labute approximate surface area is 197 Å². The van der Waals surface area contributed by atoms with Gasteiger partial charge in [-0.2, -0.15) is 0 Å². The third-order valence-corrected chi connectivity index (χ3v) is 9.21. The lowest BCUT2D eigenvalue weighted by Crippen LogP contribution is -2.47. The van der Waals surface area contributed by atoms with Crippen LogP contribution in [0.5, 0.6) is 0 Å². The molecule has 4 nitrogen and oxygen atoms in total. The van der Waals surface area contributed by atoms with E-state index in [-0.39, 0.29) is 17.1 Å². The lowest BCUT2D eigenvalue weighted by molar-refractivity contribution is -0.104. The van der Waals surface area contributed by atoms with E-state index in [9.17, 15) is 0 Å². The largest absolute Gasteiger partial charge is 0.375 e. The molecule has 174 valence electrons. The first-order valence-corrected chi connectivity index (χ1v) is 13.4. The van der Waals surface area contributed by atoms with Gasteiger partial charge in [0, 0.05) is 41.3 Å². The van der Waals surface area contributed by atoms with Crippen LogP contribution in [0, 0.1) is 5.92 Å². The van der Waals surface area contributed by atoms with Crippen LogP contribution >= 0.6 is 11.3 Å². The smallest absolute Gasteiger partial charge is 0.104 e. The molecule has 5 rings (SSSR count). The van der Waals surface area contributed by atoms with Crippen LogP contribution in [0.3, 0.4) is 0 Å². The lowest BCUT2D eigenvalue weighted by atomic mass is 9.68. The van der Waals surface area contributed by atoms with E-state index < -0.39 is 0 Å². The van der Waals surface area contributed by atoms with Gasteiger partial charge in [0.15, 0.2) is 0 Å². The summed E-state index contributed by atoms with van der Waals surface area (Å²) in [6, 6.07) is 8.73. The molecule has 0 aromatic carbocycles. The highest BCUT2D eigenvalue weighted by atomic mass is 32.1. The van der Waals surface area contributed by atoms with E-state index in [1.807, 2.05) is 23.6 Å². The van der Waals surface area contributed by atoms with Gasteiger partial charge in [0.2, 0.25) is 0 Å². The second-order valence-corrected chi connectivity index (χ2v) is 11.5. The number of ether oxygens (including phenoxy) is 2. The van der Waals surface area contributed by atoms with Crippen molar-refractivity contribution < 1.29 is 9.47 Å². The number of nitrogens with zero attached hydrogens (tertiary/aromatic N) is 1. The van der Waals surface area contributed by atoms with Gasteiger partial charge < -0.3 is 14.8 Å². The van der Waals surface area contributed by atoms with Crippen LogP contribution in [-0.4, -0.2) is 36.9 Å². The minimum absolute atomic E-state index is 0.0833. The Balaban J connectivity index is 1.25. The number of aromatic nitrogens is 1. The summed E-state index contributed by atoms with van der Waals surface area (Å²) in [5, 5.41) is 6.00. The molecule has 3 aliphatic rings. The fourth-order valence-electron chi connectivity index (χ4n) is 6.34. The maximum Gasteiger partial charge on any atom is 0.104 e. The average molecular weight is 455 g/mol. The summed E-state index contributed by atoms with van der Waals surface area (Å²) >= 11 is 1.86. The van der Waals surface area contributed by atoms with E-state index in [4.69, 9.17) is 14.5 Å². The van der Waals surface area contributed by atoms with E-state index in [0.717, 1.165) is 45.6 Å². The van der Waals surface area contributed by atoms with Crippen LogP contribution in [0.15, 0.2) is 35.8 Å². The SMILES string of the molecule is CC(C)C1COC(CNCC[C@@]2(c3ccccn3)CCOC3(CCCC3)C2)c2sccc21. The summed E-state index contributed by atoms with van der Waals surface area (Å²) < 4.78 is 12.7. The van der Waals surface area contributed by atoms with Gasteiger partial charge in [-0.25, -0.2) is 0 Å². The number of hydrogen-bond acceptors (Lipinski definition) is 5. The molecule has 1 saturated carbocycles. The van der Waals surface area contributed by atoms with Crippen molar-refractivity contribution in [3.8, 4) is 0 Å². The van der Waals surface area contributed by atoms with Crippen LogP contribution in [0.25, 0.3) is 0 Å². The van der Waals surface area contributed by atoms with Gasteiger partial charge in [-0.15, -0.1) is 11.3 Å². The molecular weight excluding hydrogens is 416 g/mol. The van der Waals surface area contributed by atoms with Gasteiger partial charge >= 0.3 is 0 Å². The molecular formula is C27H38N2O2S. The van der Waals surface area contributed by atoms with Crippen molar-refractivity contribution in [3.05, 3.63) is 52.0 Å². The quantitative estimate of drug-likeness (QED) is 0.522. The first-order chi connectivity index (χ1) is 15.6. The zero-order valence-electron chi connectivity index (χ0n) is 19.6. The van der Waals surface area contributed by atoms with E-state index in [1.165, 1.54) is 41.8 Å². The monoisotopic (exact) mass is 454 g/mol. The molecule has 32 heavy (non-hydrogen) atoms. The van der Waals surface area contributed by atoms with Crippen LogP contribution in [0.4, 0.5) is 0 Å². The summed E-state index contributed by atoms with van der Waals surface area (Å²) in [5.41, 5.74) is 2.97. The lowest BCUT2D eigenvalue weighted by Gasteiger charge is -2.46. The van der Waals surface area contributed by atoms with E-state index >= 15 is 0 Å². The standard InChI is InChI=1S/C27H38N2O2S/c1-20(2)22-18-30-23(25-21(22)8-16-32-25)17-28-14-11-26(24-7-3-6-13-29-24)12-15-31-27(19-26)9-4-5-10-27/h3,6-8,13,16,20,22-23,28H,4-5,9-12,14-15,17-19H2,1-2H3/t22?,23?,26-/m1/s1. The molecule has 1 N–H and O–H groups in total. The van der Waals surface area contributed by atoms with Crippen molar-refractivity contribution >= 4 is 11.3 Å². The van der Waals surface area contributed by atoms with Crippen LogP contribution in [-0.2, 0) is 14.9 Å². The molecule has 5 heteroatoms. The predicted octanol–water partition coefficient (Wildman–Crippen LogP) is 5.99. The van der Waals surface area contributed by atoms with E-state index in [0.29, 0.717) is 11.8 Å². The second-order valence-electron chi connectivity index (χ2n) is 10.5. The Morgan fingerprint density at radius 1 is 1.19 bits per heavy atom. The molecule has 0 radical (unpaired) electrons. The van der Waals surface area contributed by atoms with Gasteiger partial charge in [-0.05, 0) is 73.7 Å². The fourth-order valence-corrected chi connectivity index (χ4v) is 7.36. The molecule has 2 unspecified atom stereocenters. The summed E-state index contributed by atoms with van der Waals surface area (Å²) in [5.74, 6) is 1.15. The Bertz CT molecular complexity index is 877. The van der Waals surface area contributed by atoms with Crippen molar-refractivity contribution in [1.29, 1.82) is 0 Å². The molecule has 2 aromatic rings. The third kappa shape index (κ3) is 4.42. The van der Waals surface area contributed by atoms with Gasteiger partial charge in [0.05, 0.1) is 12.2 Å². The van der Waals surface area contributed by atoms with Gasteiger partial charge in [0.25, 0.3) is 0 Å². The molecule has 0 bridgehead atoms. The zero-order chi connectivity index (χ0) is 22.0. The molecule has 2 aromatic heterocycles. The molecule has 2 fully saturated rings. The highest BCUT2D eigenvalue weighted by molar-refractivity contribution is 7.10. The first-order valence-electron chi connectivity index (χ1n) is 12.6. The van der Waals surface area contributed by atoms with Crippen molar-refractivity contribution in [2.45, 2.75) is 81.8 Å². The number of rotatable bonds is 7. The molecule has 3 atom stereocenters. The van der Waals surface area contributed by atoms with Gasteiger partial charge in [0.1, 0.15) is 6.10 Å². The minimum atomic E-state index is 0.0833. The number of hydrogen-bond donors (Lipinski definition) is 1. The summed E-state index contributed by atoms with van der Waals surface area (Å²) in [6.45, 7) is 8.17. The maximum atomic E-state index is 6.40. The maximum absolute atomic E-state index is 6.40. The topological polar surface area (TPSA) is 43.4 Å². The average Bonchev–Trinajstić information content (AvgIpc) is 3.47. The molecule has 1 saturated heterocycles. The predicted molar refractivity (Wildman–Crippen MR) is 130 cm³/mol. The number of thiophene rings is 1. The summed E-state index contributed by atoms with van der Waals surface area (Å²) in [7, 11) is 0. The summed E-state index contributed by atoms with van der Waals surface area (Å²) in [4.78, 5) is 6.27. The molecule has 2 aliphatic heterocycles. The van der Waals surface area contributed by atoms with E-state index in [2.05, 4.69) is 42.7 Å². The molecule has 1 spiro atoms. The van der Waals surface area contributed by atoms with Crippen molar-refractivity contribution in [3.63, 3.8) is 0 Å². The van der Waals surface area contributed by atoms with Crippen molar-refractivity contribution in [1.82, 2.24) is 10.3 Å². The van der Waals surface area contributed by atoms with Crippen LogP contribution < -0.4 is 5.32 Å². The van der Waals surface area contributed by atoms with Gasteiger partial charge in [-0.1, -0.05) is 32.8 Å². The first kappa shape index (κ1) is 22.5. The highest BCUT2D eigenvalue weighted by Crippen LogP contribution is 2.49. The minimum Gasteiger partial charge on any atom is -0.375 e. The summed E-state index contributed by atoms with van der Waals surface area (Å²) in [6.07, 6.45) is 10.5. The zero-order valence-corrected chi connectivity index (χ0v) is 20.5. The van der Waals surface area contributed by atoms with Crippen LogP contribution in [0.2, 0.25) is 0 Å². The molecule has 0 amide bonds. The number of nitrogens with one attached hydrogen (secondary N) is 1. The van der Waals surface area contributed by atoms with E-state index in [1.54, 1.807) is 0 Å². The molecule has 1 aliphatic carbocycles. The van der Waals surface area contributed by atoms with Crippen LogP contribution in [0.1, 0.15) is 86.9 Å². The Hall–Kier alpha value is -1.27. The second kappa shape index (κ2) is 9.54. The molecule has 4 heterocycles. The third-order valence-electron chi connectivity index (χ3n) is 8.18. The fraction of sp³-hybridized carbons (Fsp3) is 0.667. The van der Waals surface area contributed by atoms with Gasteiger partial charge in [-0.3, -0.25) is 4.98 Å². The Morgan fingerprint density at radius 3 is 2.84 bits per heavy atom. The normalized spacial score (nSPS) is 29.5. The number of fused-ring (bicyclic) bond motifs is 1. The number of pyridine rings is 1. The Morgan fingerprint density at radius 2 is 2.06 bits per heavy atom. The van der Waals surface area contributed by atoms with Crippen molar-refractivity contribution in [2.24, 2.45) is 5.92 Å². The highest BCUT2D eigenvalue weighted by Gasteiger charge is 2.48.